The van der Waals surface area contributed by atoms with Gasteiger partial charge in [0.2, 0.25) is 0 Å². The van der Waals surface area contributed by atoms with E-state index in [9.17, 15) is 9.59 Å². The molecule has 20 heavy (non-hydrogen) atoms. The van der Waals surface area contributed by atoms with Gasteiger partial charge in [0, 0.05) is 6.04 Å². The van der Waals surface area contributed by atoms with Gasteiger partial charge in [0.1, 0.15) is 5.15 Å². The SMILES string of the molecule is CC(C)c1c(Cl)[nH]c(=O)n(C2CCC(C)(C)CC2)c1=O. The van der Waals surface area contributed by atoms with Crippen molar-refractivity contribution in [2.75, 3.05) is 0 Å². The third kappa shape index (κ3) is 2.85. The first-order chi connectivity index (χ1) is 9.23. The molecule has 1 aromatic rings. The lowest BCUT2D eigenvalue weighted by Gasteiger charge is -2.34. The molecule has 0 atom stereocenters. The van der Waals surface area contributed by atoms with Crippen LogP contribution in [0.25, 0.3) is 0 Å². The van der Waals surface area contributed by atoms with Gasteiger partial charge in [-0.05, 0) is 37.0 Å². The Balaban J connectivity index is 2.46. The number of nitrogens with one attached hydrogen (secondary N) is 1. The molecule has 5 heteroatoms. The highest BCUT2D eigenvalue weighted by Crippen LogP contribution is 2.39. The Hall–Kier alpha value is -1.03. The fraction of sp³-hybridized carbons (Fsp3) is 0.733. The molecule has 1 heterocycles. The van der Waals surface area contributed by atoms with E-state index in [1.165, 1.54) is 4.57 Å². The van der Waals surface area contributed by atoms with Crippen LogP contribution in [-0.4, -0.2) is 9.55 Å². The second-order valence-corrected chi connectivity index (χ2v) is 7.26. The first kappa shape index (κ1) is 15.4. The summed E-state index contributed by atoms with van der Waals surface area (Å²) in [5.74, 6) is -0.00173. The minimum atomic E-state index is -0.380. The van der Waals surface area contributed by atoms with Crippen molar-refractivity contribution in [1.82, 2.24) is 9.55 Å². The van der Waals surface area contributed by atoms with Gasteiger partial charge in [0.25, 0.3) is 5.56 Å². The van der Waals surface area contributed by atoms with E-state index in [4.69, 9.17) is 11.6 Å². The number of hydrogen-bond donors (Lipinski definition) is 1. The van der Waals surface area contributed by atoms with Crippen molar-refractivity contribution in [2.45, 2.75) is 65.3 Å². The molecule has 1 aromatic heterocycles. The van der Waals surface area contributed by atoms with Crippen LogP contribution < -0.4 is 11.2 Å². The van der Waals surface area contributed by atoms with Gasteiger partial charge in [-0.15, -0.1) is 0 Å². The zero-order valence-electron chi connectivity index (χ0n) is 12.6. The number of aromatic amines is 1. The Morgan fingerprint density at radius 3 is 2.30 bits per heavy atom. The molecule has 0 spiro atoms. The fourth-order valence-electron chi connectivity index (χ4n) is 3.01. The van der Waals surface area contributed by atoms with Crippen LogP contribution in [0.15, 0.2) is 9.59 Å². The van der Waals surface area contributed by atoms with Crippen LogP contribution in [0.5, 0.6) is 0 Å². The van der Waals surface area contributed by atoms with Gasteiger partial charge in [0.15, 0.2) is 0 Å². The number of hydrogen-bond acceptors (Lipinski definition) is 2. The second kappa shape index (κ2) is 5.40. The summed E-state index contributed by atoms with van der Waals surface area (Å²) in [6.07, 6.45) is 3.80. The zero-order chi connectivity index (χ0) is 15.1. The van der Waals surface area contributed by atoms with Gasteiger partial charge in [-0.1, -0.05) is 39.3 Å². The normalized spacial score (nSPS) is 19.5. The molecule has 0 aromatic carbocycles. The minimum Gasteiger partial charge on any atom is -0.297 e. The summed E-state index contributed by atoms with van der Waals surface area (Å²) < 4.78 is 1.39. The molecule has 0 radical (unpaired) electrons. The van der Waals surface area contributed by atoms with Crippen molar-refractivity contribution in [3.05, 3.63) is 31.6 Å². The van der Waals surface area contributed by atoms with Gasteiger partial charge in [-0.2, -0.15) is 0 Å². The highest BCUT2D eigenvalue weighted by atomic mass is 35.5. The Kier molecular flexibility index (Phi) is 4.14. The van der Waals surface area contributed by atoms with E-state index in [-0.39, 0.29) is 28.4 Å². The molecule has 2 rings (SSSR count). The Bertz CT molecular complexity index is 603. The largest absolute Gasteiger partial charge is 0.329 e. The molecule has 0 aliphatic heterocycles. The average molecular weight is 299 g/mol. The van der Waals surface area contributed by atoms with E-state index in [1.807, 2.05) is 13.8 Å². The highest BCUT2D eigenvalue weighted by Gasteiger charge is 2.30. The fourth-order valence-corrected chi connectivity index (χ4v) is 3.39. The Morgan fingerprint density at radius 1 is 1.25 bits per heavy atom. The molecule has 0 unspecified atom stereocenters. The predicted octanol–water partition coefficient (Wildman–Crippen LogP) is 3.45. The van der Waals surface area contributed by atoms with Crippen molar-refractivity contribution in [2.24, 2.45) is 5.41 Å². The van der Waals surface area contributed by atoms with E-state index in [0.717, 1.165) is 25.7 Å². The first-order valence-corrected chi connectivity index (χ1v) is 7.65. The lowest BCUT2D eigenvalue weighted by Crippen LogP contribution is -2.42. The summed E-state index contributed by atoms with van der Waals surface area (Å²) in [6.45, 7) is 8.29. The van der Waals surface area contributed by atoms with Crippen molar-refractivity contribution in [1.29, 1.82) is 0 Å². The number of halogens is 1. The maximum atomic E-state index is 12.6. The highest BCUT2D eigenvalue weighted by molar-refractivity contribution is 6.30. The summed E-state index contributed by atoms with van der Waals surface area (Å²) >= 11 is 6.02. The van der Waals surface area contributed by atoms with Crippen LogP contribution in [0, 0.1) is 5.41 Å². The second-order valence-electron chi connectivity index (χ2n) is 6.88. The first-order valence-electron chi connectivity index (χ1n) is 7.27. The Morgan fingerprint density at radius 2 is 1.80 bits per heavy atom. The zero-order valence-corrected chi connectivity index (χ0v) is 13.4. The van der Waals surface area contributed by atoms with Crippen molar-refractivity contribution in [3.63, 3.8) is 0 Å². The van der Waals surface area contributed by atoms with Crippen LogP contribution in [0.2, 0.25) is 5.15 Å². The van der Waals surface area contributed by atoms with Crippen LogP contribution in [0.4, 0.5) is 0 Å². The molecule has 0 bridgehead atoms. The third-order valence-electron chi connectivity index (χ3n) is 4.37. The smallest absolute Gasteiger partial charge is 0.297 e. The number of rotatable bonds is 2. The standard InChI is InChI=1S/C15H23ClN2O2/c1-9(2)11-12(16)17-14(20)18(13(11)19)10-5-7-15(3,4)8-6-10/h9-10H,5-8H2,1-4H3,(H,17,20). The molecule has 1 aliphatic rings. The maximum Gasteiger partial charge on any atom is 0.329 e. The monoisotopic (exact) mass is 298 g/mol. The van der Waals surface area contributed by atoms with Crippen molar-refractivity contribution in [3.8, 4) is 0 Å². The van der Waals surface area contributed by atoms with Crippen molar-refractivity contribution >= 4 is 11.6 Å². The van der Waals surface area contributed by atoms with Crippen LogP contribution >= 0.6 is 11.6 Å². The molecule has 0 saturated heterocycles. The summed E-state index contributed by atoms with van der Waals surface area (Å²) in [6, 6.07) is -0.00552. The number of aromatic nitrogens is 2. The maximum absolute atomic E-state index is 12.6. The van der Waals surface area contributed by atoms with Crippen LogP contribution in [0.1, 0.15) is 70.9 Å². The van der Waals surface area contributed by atoms with E-state index < -0.39 is 0 Å². The van der Waals surface area contributed by atoms with Crippen LogP contribution in [0.3, 0.4) is 0 Å². The number of H-pyrrole nitrogens is 1. The molecule has 1 N–H and O–H groups in total. The summed E-state index contributed by atoms with van der Waals surface area (Å²) in [4.78, 5) is 27.3. The summed E-state index contributed by atoms with van der Waals surface area (Å²) in [5.41, 5.74) is 0.212. The predicted molar refractivity (Wildman–Crippen MR) is 81.7 cm³/mol. The van der Waals surface area contributed by atoms with Gasteiger partial charge in [-0.3, -0.25) is 14.3 Å². The van der Waals surface area contributed by atoms with Gasteiger partial charge >= 0.3 is 5.69 Å². The molecule has 112 valence electrons. The quantitative estimate of drug-likeness (QED) is 0.850. The average Bonchev–Trinajstić information content (AvgIpc) is 2.29. The van der Waals surface area contributed by atoms with Crippen molar-refractivity contribution < 1.29 is 0 Å². The lowest BCUT2D eigenvalue weighted by molar-refractivity contribution is 0.188. The molecular formula is C15H23ClN2O2. The summed E-state index contributed by atoms with van der Waals surface area (Å²) in [7, 11) is 0. The molecule has 1 saturated carbocycles. The minimum absolute atomic E-state index is 0.00173. The molecule has 1 fully saturated rings. The molecular weight excluding hydrogens is 276 g/mol. The Labute approximate surface area is 124 Å². The van der Waals surface area contributed by atoms with E-state index in [1.54, 1.807) is 0 Å². The van der Waals surface area contributed by atoms with Gasteiger partial charge in [-0.25, -0.2) is 4.79 Å². The molecule has 0 amide bonds. The third-order valence-corrected chi connectivity index (χ3v) is 4.67. The molecule has 1 aliphatic carbocycles. The number of nitrogens with zero attached hydrogens (tertiary/aromatic N) is 1. The topological polar surface area (TPSA) is 54.9 Å². The summed E-state index contributed by atoms with van der Waals surface area (Å²) in [5, 5.41) is 0.183. The van der Waals surface area contributed by atoms with Crippen LogP contribution in [-0.2, 0) is 0 Å². The van der Waals surface area contributed by atoms with Gasteiger partial charge < -0.3 is 0 Å². The van der Waals surface area contributed by atoms with E-state index >= 15 is 0 Å². The van der Waals surface area contributed by atoms with E-state index in [2.05, 4.69) is 18.8 Å². The molecule has 4 nitrogen and oxygen atoms in total. The lowest BCUT2D eigenvalue weighted by atomic mass is 9.75. The van der Waals surface area contributed by atoms with E-state index in [0.29, 0.717) is 11.0 Å². The van der Waals surface area contributed by atoms with Gasteiger partial charge in [0.05, 0.1) is 5.56 Å².